The van der Waals surface area contributed by atoms with Gasteiger partial charge in [0.2, 0.25) is 0 Å². The number of aromatic amines is 2. The molecule has 0 aliphatic carbocycles. The first-order valence-electron chi connectivity index (χ1n) is 10.5. The van der Waals surface area contributed by atoms with Crippen LogP contribution in [0, 0.1) is 0 Å². The van der Waals surface area contributed by atoms with Crippen LogP contribution in [0.5, 0.6) is 0 Å². The van der Waals surface area contributed by atoms with Gasteiger partial charge in [-0.15, -0.1) is 0 Å². The number of rotatable bonds is 4. The Labute approximate surface area is 194 Å². The third-order valence-corrected chi connectivity index (χ3v) is 6.39. The molecule has 0 atom stereocenters. The highest BCUT2D eigenvalue weighted by molar-refractivity contribution is 6.32. The first kappa shape index (κ1) is 19.4. The van der Waals surface area contributed by atoms with Gasteiger partial charge >= 0.3 is 0 Å². The van der Waals surface area contributed by atoms with Crippen LogP contribution in [0.2, 0.25) is 10.0 Å². The van der Waals surface area contributed by atoms with Crippen molar-refractivity contribution < 1.29 is 9.13 Å². The van der Waals surface area contributed by atoms with E-state index in [1.807, 2.05) is 36.4 Å². The van der Waals surface area contributed by atoms with Crippen LogP contribution in [0.4, 0.5) is 0 Å². The average molecular weight is 459 g/mol. The maximum Gasteiger partial charge on any atom is 0.193 e. The van der Waals surface area contributed by atoms with Crippen molar-refractivity contribution >= 4 is 66.8 Å². The van der Waals surface area contributed by atoms with Crippen molar-refractivity contribution in [2.24, 2.45) is 0 Å². The summed E-state index contributed by atoms with van der Waals surface area (Å²) in [5.41, 5.74) is 4.42. The van der Waals surface area contributed by atoms with E-state index < -0.39 is 0 Å². The summed E-state index contributed by atoms with van der Waals surface area (Å²) in [5.74, 6) is 0. The molecule has 6 aromatic rings. The van der Waals surface area contributed by atoms with Crippen molar-refractivity contribution in [1.29, 1.82) is 0 Å². The van der Waals surface area contributed by atoms with Gasteiger partial charge in [0.25, 0.3) is 0 Å². The number of H-pyrrole nitrogens is 2. The Morgan fingerprint density at radius 2 is 1.06 bits per heavy atom. The Morgan fingerprint density at radius 3 is 1.53 bits per heavy atom. The molecule has 0 saturated heterocycles. The van der Waals surface area contributed by atoms with Crippen molar-refractivity contribution in [1.82, 2.24) is 9.97 Å². The van der Waals surface area contributed by atoms with E-state index in [0.29, 0.717) is 0 Å². The second-order valence-electron chi connectivity index (χ2n) is 8.04. The van der Waals surface area contributed by atoms with Gasteiger partial charge in [-0.1, -0.05) is 23.2 Å². The van der Waals surface area contributed by atoms with Crippen LogP contribution in [0.15, 0.2) is 85.5 Å². The lowest BCUT2D eigenvalue weighted by molar-refractivity contribution is -0.689. The normalized spacial score (nSPS) is 12.2. The van der Waals surface area contributed by atoms with Gasteiger partial charge in [-0.3, -0.25) is 0 Å². The summed E-state index contributed by atoms with van der Waals surface area (Å²) in [5, 5.41) is 6.19. The Kier molecular flexibility index (Phi) is 4.63. The van der Waals surface area contributed by atoms with E-state index in [2.05, 4.69) is 68.2 Å². The molecule has 0 fully saturated rings. The smallest absolute Gasteiger partial charge is 0.193 e. The number of nitrogens with zero attached hydrogens (tertiary/aromatic N) is 2. The van der Waals surface area contributed by atoms with Gasteiger partial charge in [0.05, 0.1) is 0 Å². The Bertz CT molecular complexity index is 1540. The summed E-state index contributed by atoms with van der Waals surface area (Å²) in [4.78, 5) is 6.95. The minimum absolute atomic E-state index is 0.755. The summed E-state index contributed by atoms with van der Waals surface area (Å²) in [6.45, 7) is 1.61. The van der Waals surface area contributed by atoms with E-state index in [0.717, 1.165) is 56.0 Å². The first-order chi connectivity index (χ1) is 15.6. The van der Waals surface area contributed by atoms with E-state index in [9.17, 15) is 0 Å². The van der Waals surface area contributed by atoms with Crippen LogP contribution in [-0.2, 0) is 13.1 Å². The Hall–Kier alpha value is -3.34. The molecule has 0 saturated carbocycles. The van der Waals surface area contributed by atoms with Crippen molar-refractivity contribution in [2.45, 2.75) is 13.1 Å². The van der Waals surface area contributed by atoms with Crippen LogP contribution in [0.1, 0.15) is 0 Å². The standard InChI is InChI=1S/C26H18Cl2N4/c27-17-3-5-23-21(13-17)19-7-11-31(15-25(19)29-23)9-1-2-10-32-12-8-20-22-14-18(28)4-6-24(22)30-26(20)16-32/h1-8,11-16H,9-10H2/p+2/b2-1-. The number of halogens is 2. The largest absolute Gasteiger partial charge is 0.350 e. The zero-order chi connectivity index (χ0) is 21.7. The van der Waals surface area contributed by atoms with E-state index >= 15 is 0 Å². The number of hydrogen-bond acceptors (Lipinski definition) is 0. The average Bonchev–Trinajstić information content (AvgIpc) is 3.33. The van der Waals surface area contributed by atoms with Gasteiger partial charge in [0, 0.05) is 54.8 Å². The Morgan fingerprint density at radius 1 is 0.594 bits per heavy atom. The Balaban J connectivity index is 1.20. The molecule has 2 N–H and O–H groups in total. The fourth-order valence-corrected chi connectivity index (χ4v) is 4.70. The highest BCUT2D eigenvalue weighted by Crippen LogP contribution is 2.27. The first-order valence-corrected chi connectivity index (χ1v) is 11.2. The zero-order valence-corrected chi connectivity index (χ0v) is 18.7. The molecular weight excluding hydrogens is 439 g/mol. The molecule has 0 amide bonds. The number of aromatic nitrogens is 4. The predicted molar refractivity (Wildman–Crippen MR) is 131 cm³/mol. The molecule has 32 heavy (non-hydrogen) atoms. The lowest BCUT2D eigenvalue weighted by Crippen LogP contribution is -2.33. The predicted octanol–water partition coefficient (Wildman–Crippen LogP) is 6.09. The van der Waals surface area contributed by atoms with Gasteiger partial charge in [-0.05, 0) is 48.6 Å². The molecule has 2 aromatic carbocycles. The highest BCUT2D eigenvalue weighted by atomic mass is 35.5. The molecule has 0 spiro atoms. The van der Waals surface area contributed by atoms with Gasteiger partial charge in [-0.2, -0.15) is 9.13 Å². The van der Waals surface area contributed by atoms with Crippen molar-refractivity contribution in [3.05, 3.63) is 95.5 Å². The summed E-state index contributed by atoms with van der Waals surface area (Å²) in [7, 11) is 0. The fraction of sp³-hybridized carbons (Fsp3) is 0.0769. The highest BCUT2D eigenvalue weighted by Gasteiger charge is 2.10. The van der Waals surface area contributed by atoms with Gasteiger partial charge in [0.15, 0.2) is 37.9 Å². The summed E-state index contributed by atoms with van der Waals surface area (Å²) in [6.07, 6.45) is 12.9. The lowest BCUT2D eigenvalue weighted by Gasteiger charge is -1.95. The molecular formula is C26H20Cl2N4+2. The van der Waals surface area contributed by atoms with E-state index in [-0.39, 0.29) is 0 Å². The number of allylic oxidation sites excluding steroid dienone is 2. The fourth-order valence-electron chi connectivity index (χ4n) is 4.35. The van der Waals surface area contributed by atoms with Crippen LogP contribution >= 0.6 is 23.2 Å². The number of hydrogen-bond donors (Lipinski definition) is 2. The third-order valence-electron chi connectivity index (χ3n) is 5.92. The molecule has 156 valence electrons. The molecule has 4 aromatic heterocycles. The van der Waals surface area contributed by atoms with Crippen molar-refractivity contribution in [3.8, 4) is 0 Å². The van der Waals surface area contributed by atoms with Gasteiger partial charge in [-0.25, -0.2) is 0 Å². The molecule has 4 nitrogen and oxygen atoms in total. The van der Waals surface area contributed by atoms with Crippen molar-refractivity contribution in [2.75, 3.05) is 0 Å². The summed E-state index contributed by atoms with van der Waals surface area (Å²) < 4.78 is 4.34. The van der Waals surface area contributed by atoms with Crippen LogP contribution < -0.4 is 9.13 Å². The van der Waals surface area contributed by atoms with Crippen LogP contribution in [0.25, 0.3) is 43.6 Å². The van der Waals surface area contributed by atoms with E-state index in [4.69, 9.17) is 23.2 Å². The lowest BCUT2D eigenvalue weighted by atomic mass is 10.2. The molecule has 0 aliphatic heterocycles. The number of fused-ring (bicyclic) bond motifs is 6. The van der Waals surface area contributed by atoms with Crippen molar-refractivity contribution in [3.63, 3.8) is 0 Å². The second kappa shape index (κ2) is 7.66. The third kappa shape index (κ3) is 3.42. The topological polar surface area (TPSA) is 39.3 Å². The van der Waals surface area contributed by atoms with Gasteiger partial charge in [0.1, 0.15) is 11.0 Å². The minimum Gasteiger partial charge on any atom is -0.350 e. The number of nitrogens with one attached hydrogen (secondary N) is 2. The molecule has 4 heterocycles. The van der Waals surface area contributed by atoms with E-state index in [1.165, 1.54) is 10.8 Å². The molecule has 0 radical (unpaired) electrons. The van der Waals surface area contributed by atoms with Crippen LogP contribution in [-0.4, -0.2) is 9.97 Å². The maximum atomic E-state index is 6.16. The molecule has 6 heteroatoms. The SMILES string of the molecule is Clc1ccc2[nH]c3c[n+](C/C=C\C[n+]4ccc5c(c4)[nH]c4ccc(Cl)cc45)ccc3c2c1. The molecule has 0 aliphatic rings. The quantitative estimate of drug-likeness (QED) is 0.237. The number of pyridine rings is 2. The zero-order valence-electron chi connectivity index (χ0n) is 17.1. The molecule has 0 bridgehead atoms. The second-order valence-corrected chi connectivity index (χ2v) is 8.91. The maximum absolute atomic E-state index is 6.16. The van der Waals surface area contributed by atoms with Crippen LogP contribution in [0.3, 0.4) is 0 Å². The molecule has 0 unspecified atom stereocenters. The summed E-state index contributed by atoms with van der Waals surface area (Å²) >= 11 is 12.3. The monoisotopic (exact) mass is 458 g/mol. The number of benzene rings is 2. The summed E-state index contributed by atoms with van der Waals surface area (Å²) in [6, 6.07) is 16.2. The van der Waals surface area contributed by atoms with E-state index in [1.54, 1.807) is 0 Å². The minimum atomic E-state index is 0.755. The molecule has 6 rings (SSSR count). The van der Waals surface area contributed by atoms with Gasteiger partial charge < -0.3 is 9.97 Å².